The van der Waals surface area contributed by atoms with Gasteiger partial charge in [-0.3, -0.25) is 0 Å². The van der Waals surface area contributed by atoms with Gasteiger partial charge in [0.2, 0.25) is 0 Å². The van der Waals surface area contributed by atoms with Crippen LogP contribution < -0.4 is 9.47 Å². The summed E-state index contributed by atoms with van der Waals surface area (Å²) in [4.78, 5) is 0.414. The van der Waals surface area contributed by atoms with E-state index in [0.29, 0.717) is 16.7 Å². The molecular weight excluding hydrogens is 268 g/mol. The van der Waals surface area contributed by atoms with Crippen LogP contribution in [0.15, 0.2) is 12.1 Å². The minimum Gasteiger partial charge on any atom is -0.493 e. The van der Waals surface area contributed by atoms with Crippen molar-refractivity contribution in [3.63, 3.8) is 0 Å². The van der Waals surface area contributed by atoms with Crippen molar-refractivity contribution >= 4 is 15.9 Å². The summed E-state index contributed by atoms with van der Waals surface area (Å²) in [5.74, 6) is 2.79. The van der Waals surface area contributed by atoms with Crippen molar-refractivity contribution in [1.82, 2.24) is 0 Å². The number of halogens is 1. The predicted octanol–water partition coefficient (Wildman–Crippen LogP) is 3.89. The van der Waals surface area contributed by atoms with Gasteiger partial charge in [-0.2, -0.15) is 0 Å². The van der Waals surface area contributed by atoms with Crippen molar-refractivity contribution in [2.75, 3.05) is 14.2 Å². The number of fused-ring (bicyclic) bond motifs is 1. The Labute approximate surface area is 105 Å². The molecule has 3 heteroatoms. The van der Waals surface area contributed by atoms with Gasteiger partial charge >= 0.3 is 0 Å². The van der Waals surface area contributed by atoms with E-state index in [2.05, 4.69) is 41.9 Å². The van der Waals surface area contributed by atoms with Crippen molar-refractivity contribution in [3.8, 4) is 11.5 Å². The molecule has 0 fully saturated rings. The maximum Gasteiger partial charge on any atom is 0.161 e. The van der Waals surface area contributed by atoms with Gasteiger partial charge in [0.25, 0.3) is 0 Å². The van der Waals surface area contributed by atoms with Gasteiger partial charge in [-0.25, -0.2) is 0 Å². The number of hydrogen-bond acceptors (Lipinski definition) is 2. The molecule has 0 aromatic heterocycles. The Bertz CT molecular complexity index is 366. The molecule has 0 bridgehead atoms. The monoisotopic (exact) mass is 284 g/mol. The first-order chi connectivity index (χ1) is 7.60. The lowest BCUT2D eigenvalue weighted by Crippen LogP contribution is -1.99. The molecule has 0 saturated heterocycles. The molecular formula is C13H17BrO2. The largest absolute Gasteiger partial charge is 0.493 e. The van der Waals surface area contributed by atoms with E-state index in [-0.39, 0.29) is 0 Å². The Morgan fingerprint density at radius 3 is 2.00 bits per heavy atom. The second-order valence-electron chi connectivity index (χ2n) is 4.39. The summed E-state index contributed by atoms with van der Waals surface area (Å²) in [5, 5.41) is 0. The van der Waals surface area contributed by atoms with Crippen LogP contribution in [-0.4, -0.2) is 14.2 Å². The van der Waals surface area contributed by atoms with Gasteiger partial charge in [0, 0.05) is 4.83 Å². The molecule has 16 heavy (non-hydrogen) atoms. The third kappa shape index (κ3) is 1.61. The number of alkyl halides is 1. The first-order valence-electron chi connectivity index (χ1n) is 5.50. The normalized spacial score (nSPS) is 27.7. The summed E-state index contributed by atoms with van der Waals surface area (Å²) < 4.78 is 10.7. The zero-order valence-electron chi connectivity index (χ0n) is 10.1. The quantitative estimate of drug-likeness (QED) is 0.767. The maximum atomic E-state index is 5.34. The first-order valence-corrected chi connectivity index (χ1v) is 6.41. The number of benzene rings is 1. The zero-order chi connectivity index (χ0) is 11.9. The van der Waals surface area contributed by atoms with Gasteiger partial charge in [-0.1, -0.05) is 29.8 Å². The molecule has 0 spiro atoms. The van der Waals surface area contributed by atoms with Gasteiger partial charge in [0.1, 0.15) is 0 Å². The lowest BCUT2D eigenvalue weighted by atomic mass is 9.96. The Hall–Kier alpha value is -0.700. The molecule has 0 aliphatic heterocycles. The van der Waals surface area contributed by atoms with Crippen LogP contribution in [0.25, 0.3) is 0 Å². The fourth-order valence-corrected chi connectivity index (χ4v) is 3.22. The molecule has 1 aliphatic carbocycles. The molecule has 3 unspecified atom stereocenters. The number of rotatable bonds is 2. The molecule has 1 aromatic carbocycles. The Kier molecular flexibility index (Phi) is 3.15. The van der Waals surface area contributed by atoms with Crippen LogP contribution in [0.2, 0.25) is 0 Å². The van der Waals surface area contributed by atoms with Gasteiger partial charge in [0.15, 0.2) is 11.5 Å². The van der Waals surface area contributed by atoms with Gasteiger partial charge in [-0.15, -0.1) is 0 Å². The van der Waals surface area contributed by atoms with E-state index in [1.165, 1.54) is 11.1 Å². The zero-order valence-corrected chi connectivity index (χ0v) is 11.7. The minimum absolute atomic E-state index is 0.414. The van der Waals surface area contributed by atoms with Crippen molar-refractivity contribution in [3.05, 3.63) is 23.3 Å². The van der Waals surface area contributed by atoms with Crippen LogP contribution in [0.1, 0.15) is 35.7 Å². The van der Waals surface area contributed by atoms with E-state index in [0.717, 1.165) is 11.5 Å². The average Bonchev–Trinajstić information content (AvgIpc) is 2.52. The van der Waals surface area contributed by atoms with Crippen molar-refractivity contribution < 1.29 is 9.47 Å². The number of methoxy groups -OCH3 is 2. The second kappa shape index (κ2) is 4.28. The molecule has 1 aromatic rings. The molecule has 0 N–H and O–H groups in total. The molecule has 2 rings (SSSR count). The smallest absolute Gasteiger partial charge is 0.161 e. The van der Waals surface area contributed by atoms with Crippen molar-refractivity contribution in [1.29, 1.82) is 0 Å². The predicted molar refractivity (Wildman–Crippen MR) is 68.8 cm³/mol. The summed E-state index contributed by atoms with van der Waals surface area (Å²) in [7, 11) is 3.36. The highest BCUT2D eigenvalue weighted by molar-refractivity contribution is 9.09. The van der Waals surface area contributed by atoms with Crippen LogP contribution in [0.3, 0.4) is 0 Å². The molecule has 2 nitrogen and oxygen atoms in total. The van der Waals surface area contributed by atoms with Gasteiger partial charge in [-0.05, 0) is 35.1 Å². The molecule has 0 radical (unpaired) electrons. The average molecular weight is 285 g/mol. The molecule has 1 aliphatic rings. The summed E-state index contributed by atoms with van der Waals surface area (Å²) in [6.07, 6.45) is 0. The first kappa shape index (κ1) is 11.8. The highest BCUT2D eigenvalue weighted by Crippen LogP contribution is 2.52. The lowest BCUT2D eigenvalue weighted by Gasteiger charge is -2.12. The van der Waals surface area contributed by atoms with E-state index in [9.17, 15) is 0 Å². The fourth-order valence-electron chi connectivity index (χ4n) is 2.36. The Balaban J connectivity index is 2.55. The van der Waals surface area contributed by atoms with Crippen LogP contribution >= 0.6 is 15.9 Å². The highest BCUT2D eigenvalue weighted by Gasteiger charge is 2.34. The lowest BCUT2D eigenvalue weighted by molar-refractivity contribution is 0.354. The van der Waals surface area contributed by atoms with Crippen LogP contribution in [0, 0.1) is 5.92 Å². The van der Waals surface area contributed by atoms with Crippen LogP contribution in [0.5, 0.6) is 11.5 Å². The Morgan fingerprint density at radius 1 is 1.00 bits per heavy atom. The topological polar surface area (TPSA) is 18.5 Å². The maximum absolute atomic E-state index is 5.34. The summed E-state index contributed by atoms with van der Waals surface area (Å²) in [6, 6.07) is 4.20. The van der Waals surface area contributed by atoms with Crippen LogP contribution in [-0.2, 0) is 0 Å². The van der Waals surface area contributed by atoms with Crippen LogP contribution in [0.4, 0.5) is 0 Å². The molecule has 0 heterocycles. The van der Waals surface area contributed by atoms with E-state index in [1.54, 1.807) is 14.2 Å². The standard InChI is InChI=1S/C13H17BrO2/c1-7-8(2)13(14)10-6-12(16-4)11(15-3)5-9(7)10/h5-8,13H,1-4H3. The highest BCUT2D eigenvalue weighted by atomic mass is 79.9. The third-order valence-electron chi connectivity index (χ3n) is 3.63. The number of hydrogen-bond donors (Lipinski definition) is 0. The van der Waals surface area contributed by atoms with Gasteiger partial charge in [0.05, 0.1) is 14.2 Å². The van der Waals surface area contributed by atoms with Crippen molar-refractivity contribution in [2.45, 2.75) is 24.6 Å². The third-order valence-corrected chi connectivity index (χ3v) is 4.95. The van der Waals surface area contributed by atoms with Gasteiger partial charge < -0.3 is 9.47 Å². The van der Waals surface area contributed by atoms with E-state index >= 15 is 0 Å². The molecule has 3 atom stereocenters. The minimum atomic E-state index is 0.414. The SMILES string of the molecule is COc1cc2c(cc1OC)C(Br)C(C)C2C. The van der Waals surface area contributed by atoms with E-state index in [1.807, 2.05) is 0 Å². The fraction of sp³-hybridized carbons (Fsp3) is 0.538. The summed E-state index contributed by atoms with van der Waals surface area (Å²) in [6.45, 7) is 4.53. The second-order valence-corrected chi connectivity index (χ2v) is 5.37. The van der Waals surface area contributed by atoms with E-state index < -0.39 is 0 Å². The Morgan fingerprint density at radius 2 is 1.50 bits per heavy atom. The molecule has 0 amide bonds. The van der Waals surface area contributed by atoms with E-state index in [4.69, 9.17) is 9.47 Å². The van der Waals surface area contributed by atoms with Crippen molar-refractivity contribution in [2.24, 2.45) is 5.92 Å². The molecule has 0 saturated carbocycles. The summed E-state index contributed by atoms with van der Waals surface area (Å²) in [5.41, 5.74) is 2.70. The molecule has 88 valence electrons. The number of ether oxygens (including phenoxy) is 2. The summed E-state index contributed by atoms with van der Waals surface area (Å²) >= 11 is 3.76.